The van der Waals surface area contributed by atoms with E-state index in [0.717, 1.165) is 10.9 Å². The molecule has 0 fully saturated rings. The van der Waals surface area contributed by atoms with Gasteiger partial charge in [-0.05, 0) is 24.6 Å². The van der Waals surface area contributed by atoms with Crippen molar-refractivity contribution in [1.29, 1.82) is 0 Å². The molecule has 1 amide bonds. The van der Waals surface area contributed by atoms with Gasteiger partial charge in [0.25, 0.3) is 0 Å². The molecule has 0 spiro atoms. The zero-order valence-corrected chi connectivity index (χ0v) is 10.0. The Morgan fingerprint density at radius 1 is 1.39 bits per heavy atom. The fourth-order valence-corrected chi connectivity index (χ4v) is 1.76. The smallest absolute Gasteiger partial charge is 0.336 e. The summed E-state index contributed by atoms with van der Waals surface area (Å²) in [6, 6.07) is 6.66. The van der Waals surface area contributed by atoms with Crippen molar-refractivity contribution in [2.45, 2.75) is 13.3 Å². The molecule has 94 valence electrons. The van der Waals surface area contributed by atoms with E-state index >= 15 is 0 Å². The van der Waals surface area contributed by atoms with Crippen LogP contribution in [-0.4, -0.2) is 12.5 Å². The van der Waals surface area contributed by atoms with Gasteiger partial charge in [-0.25, -0.2) is 4.79 Å². The highest BCUT2D eigenvalue weighted by atomic mass is 16.4. The Kier molecular flexibility index (Phi) is 3.43. The number of carbonyl (C=O) groups excluding carboxylic acids is 1. The molecular formula is C13H14N2O3. The van der Waals surface area contributed by atoms with E-state index in [1.54, 1.807) is 12.1 Å². The molecule has 0 saturated heterocycles. The molecule has 5 nitrogen and oxygen atoms in total. The molecule has 5 heteroatoms. The van der Waals surface area contributed by atoms with Crippen LogP contribution in [0.3, 0.4) is 0 Å². The number of rotatable bonds is 3. The van der Waals surface area contributed by atoms with Crippen LogP contribution in [0.2, 0.25) is 0 Å². The minimum Gasteiger partial charge on any atom is -0.423 e. The van der Waals surface area contributed by atoms with Crippen LogP contribution >= 0.6 is 0 Å². The van der Waals surface area contributed by atoms with E-state index < -0.39 is 5.63 Å². The lowest BCUT2D eigenvalue weighted by Gasteiger charge is -2.06. The van der Waals surface area contributed by atoms with Gasteiger partial charge < -0.3 is 15.5 Å². The van der Waals surface area contributed by atoms with Gasteiger partial charge in [-0.15, -0.1) is 0 Å². The molecule has 0 radical (unpaired) electrons. The summed E-state index contributed by atoms with van der Waals surface area (Å²) in [6.07, 6.45) is 0.260. The molecule has 1 aromatic heterocycles. The first-order valence-electron chi connectivity index (χ1n) is 5.64. The Labute approximate surface area is 104 Å². The Morgan fingerprint density at radius 2 is 2.17 bits per heavy atom. The van der Waals surface area contributed by atoms with Crippen molar-refractivity contribution < 1.29 is 9.21 Å². The van der Waals surface area contributed by atoms with Gasteiger partial charge in [-0.2, -0.15) is 0 Å². The van der Waals surface area contributed by atoms with Crippen molar-refractivity contribution in [3.05, 3.63) is 40.2 Å². The SMILES string of the molecule is Cc1cc(=O)oc2cc(NC(=O)CCN)ccc12. The molecule has 3 N–H and O–H groups in total. The summed E-state index contributed by atoms with van der Waals surface area (Å²) < 4.78 is 5.09. The van der Waals surface area contributed by atoms with Crippen molar-refractivity contribution >= 4 is 22.6 Å². The predicted molar refractivity (Wildman–Crippen MR) is 69.5 cm³/mol. The summed E-state index contributed by atoms with van der Waals surface area (Å²) in [4.78, 5) is 22.7. The molecule has 0 aliphatic heterocycles. The van der Waals surface area contributed by atoms with Crippen LogP contribution < -0.4 is 16.7 Å². The third-order valence-electron chi connectivity index (χ3n) is 2.61. The maximum absolute atomic E-state index is 11.4. The first-order valence-corrected chi connectivity index (χ1v) is 5.64. The normalized spacial score (nSPS) is 10.6. The third kappa shape index (κ3) is 2.57. The predicted octanol–water partition coefficient (Wildman–Crippen LogP) is 1.39. The zero-order chi connectivity index (χ0) is 13.1. The van der Waals surface area contributed by atoms with Crippen molar-refractivity contribution in [3.63, 3.8) is 0 Å². The average Bonchev–Trinajstić information content (AvgIpc) is 2.28. The van der Waals surface area contributed by atoms with Crippen molar-refractivity contribution in [2.24, 2.45) is 5.73 Å². The molecule has 1 aromatic carbocycles. The molecule has 0 aliphatic rings. The van der Waals surface area contributed by atoms with Gasteiger partial charge in [0.1, 0.15) is 5.58 Å². The van der Waals surface area contributed by atoms with Gasteiger partial charge in [0, 0.05) is 36.2 Å². The summed E-state index contributed by atoms with van der Waals surface area (Å²) >= 11 is 0. The fraction of sp³-hybridized carbons (Fsp3) is 0.231. The topological polar surface area (TPSA) is 85.3 Å². The monoisotopic (exact) mass is 246 g/mol. The van der Waals surface area contributed by atoms with Crippen LogP contribution in [0.25, 0.3) is 11.0 Å². The molecule has 2 rings (SSSR count). The standard InChI is InChI=1S/C13H14N2O3/c1-8-6-13(17)18-11-7-9(2-3-10(8)11)15-12(16)4-5-14/h2-3,6-7H,4-5,14H2,1H3,(H,15,16). The van der Waals surface area contributed by atoms with E-state index in [2.05, 4.69) is 5.32 Å². The summed E-state index contributed by atoms with van der Waals surface area (Å²) in [5.74, 6) is -0.160. The second-order valence-electron chi connectivity index (χ2n) is 4.05. The minimum absolute atomic E-state index is 0.160. The number of benzene rings is 1. The Bertz CT molecular complexity index is 646. The van der Waals surface area contributed by atoms with Gasteiger partial charge in [0.2, 0.25) is 5.91 Å². The van der Waals surface area contributed by atoms with Crippen LogP contribution in [-0.2, 0) is 4.79 Å². The number of amides is 1. The molecular weight excluding hydrogens is 232 g/mol. The number of nitrogens with one attached hydrogen (secondary N) is 1. The highest BCUT2D eigenvalue weighted by Crippen LogP contribution is 2.20. The molecule has 1 heterocycles. The summed E-state index contributed by atoms with van der Waals surface area (Å²) in [5, 5.41) is 3.55. The number of fused-ring (bicyclic) bond motifs is 1. The lowest BCUT2D eigenvalue weighted by atomic mass is 10.1. The average molecular weight is 246 g/mol. The van der Waals surface area contributed by atoms with E-state index in [9.17, 15) is 9.59 Å². The number of hydrogen-bond donors (Lipinski definition) is 2. The second-order valence-corrected chi connectivity index (χ2v) is 4.05. The van der Waals surface area contributed by atoms with Crippen molar-refractivity contribution in [3.8, 4) is 0 Å². The van der Waals surface area contributed by atoms with E-state index in [1.165, 1.54) is 6.07 Å². The van der Waals surface area contributed by atoms with Gasteiger partial charge >= 0.3 is 5.63 Å². The van der Waals surface area contributed by atoms with E-state index in [-0.39, 0.29) is 12.3 Å². The second kappa shape index (κ2) is 5.01. The molecule has 0 saturated carbocycles. The minimum atomic E-state index is -0.398. The molecule has 0 unspecified atom stereocenters. The van der Waals surface area contributed by atoms with Gasteiger partial charge in [0.15, 0.2) is 0 Å². The van der Waals surface area contributed by atoms with E-state index in [0.29, 0.717) is 17.8 Å². The first kappa shape index (κ1) is 12.3. The van der Waals surface area contributed by atoms with Gasteiger partial charge in [-0.3, -0.25) is 4.79 Å². The largest absolute Gasteiger partial charge is 0.423 e. The fourth-order valence-electron chi connectivity index (χ4n) is 1.76. The molecule has 18 heavy (non-hydrogen) atoms. The molecule has 2 aromatic rings. The van der Waals surface area contributed by atoms with Crippen LogP contribution in [0.5, 0.6) is 0 Å². The highest BCUT2D eigenvalue weighted by Gasteiger charge is 2.05. The maximum atomic E-state index is 11.4. The Morgan fingerprint density at radius 3 is 2.89 bits per heavy atom. The van der Waals surface area contributed by atoms with Crippen molar-refractivity contribution in [1.82, 2.24) is 0 Å². The van der Waals surface area contributed by atoms with E-state index in [1.807, 2.05) is 13.0 Å². The number of anilines is 1. The van der Waals surface area contributed by atoms with Crippen LogP contribution in [0, 0.1) is 6.92 Å². The summed E-state index contributed by atoms with van der Waals surface area (Å²) in [7, 11) is 0. The lowest BCUT2D eigenvalue weighted by Crippen LogP contribution is -2.16. The first-order chi connectivity index (χ1) is 8.60. The Balaban J connectivity index is 2.38. The van der Waals surface area contributed by atoms with Crippen LogP contribution in [0.15, 0.2) is 33.5 Å². The zero-order valence-electron chi connectivity index (χ0n) is 10.0. The van der Waals surface area contributed by atoms with Crippen molar-refractivity contribution in [2.75, 3.05) is 11.9 Å². The number of aryl methyl sites for hydroxylation is 1. The molecule has 0 atom stereocenters. The van der Waals surface area contributed by atoms with Gasteiger partial charge in [-0.1, -0.05) is 0 Å². The van der Waals surface area contributed by atoms with Gasteiger partial charge in [0.05, 0.1) is 0 Å². The Hall–Kier alpha value is -2.14. The number of hydrogen-bond acceptors (Lipinski definition) is 4. The highest BCUT2D eigenvalue weighted by molar-refractivity contribution is 5.93. The van der Waals surface area contributed by atoms with Crippen LogP contribution in [0.4, 0.5) is 5.69 Å². The third-order valence-corrected chi connectivity index (χ3v) is 2.61. The molecule has 0 aliphatic carbocycles. The lowest BCUT2D eigenvalue weighted by molar-refractivity contribution is -0.116. The summed E-state index contributed by atoms with van der Waals surface area (Å²) in [5.41, 5.74) is 6.80. The summed E-state index contributed by atoms with van der Waals surface area (Å²) in [6.45, 7) is 2.14. The number of nitrogens with two attached hydrogens (primary N) is 1. The maximum Gasteiger partial charge on any atom is 0.336 e. The van der Waals surface area contributed by atoms with E-state index in [4.69, 9.17) is 10.2 Å². The van der Waals surface area contributed by atoms with Crippen LogP contribution in [0.1, 0.15) is 12.0 Å². The quantitative estimate of drug-likeness (QED) is 0.801. The molecule has 0 bridgehead atoms. The number of carbonyl (C=O) groups is 1.